The molecule has 0 radical (unpaired) electrons. The lowest BCUT2D eigenvalue weighted by atomic mass is 10.2. The van der Waals surface area contributed by atoms with Gasteiger partial charge in [-0.1, -0.05) is 23.7 Å². The van der Waals surface area contributed by atoms with Crippen LogP contribution in [-0.2, 0) is 0 Å². The summed E-state index contributed by atoms with van der Waals surface area (Å²) in [6.45, 7) is 4.17. The lowest BCUT2D eigenvalue weighted by molar-refractivity contribution is -0.903. The van der Waals surface area contributed by atoms with Gasteiger partial charge in [0.15, 0.2) is 0 Å². The summed E-state index contributed by atoms with van der Waals surface area (Å²) < 4.78 is 19.4. The standard InChI is InChI=1S/C19H22ClFN2O2/c20-15-5-7-17(8-6-15)25-14-16(24)13-22-9-11-23(12-10-22)19-4-2-1-3-18(19)21/h1-8,16,24H,9-14H2/p+1/t16-/m1/s1. The van der Waals surface area contributed by atoms with Gasteiger partial charge in [0.25, 0.3) is 0 Å². The Bertz CT molecular complexity index is 675. The highest BCUT2D eigenvalue weighted by Crippen LogP contribution is 2.18. The molecule has 1 fully saturated rings. The van der Waals surface area contributed by atoms with Crippen LogP contribution >= 0.6 is 11.6 Å². The monoisotopic (exact) mass is 365 g/mol. The summed E-state index contributed by atoms with van der Waals surface area (Å²) in [5, 5.41) is 10.9. The highest BCUT2D eigenvalue weighted by Gasteiger charge is 2.24. The van der Waals surface area contributed by atoms with E-state index in [0.29, 0.717) is 23.0 Å². The Hall–Kier alpha value is -1.82. The fourth-order valence-electron chi connectivity index (χ4n) is 3.09. The van der Waals surface area contributed by atoms with Crippen molar-refractivity contribution in [3.05, 3.63) is 59.4 Å². The minimum atomic E-state index is -0.536. The van der Waals surface area contributed by atoms with E-state index in [4.69, 9.17) is 16.3 Å². The number of piperazine rings is 1. The average Bonchev–Trinajstić information content (AvgIpc) is 2.62. The predicted molar refractivity (Wildman–Crippen MR) is 97.1 cm³/mol. The first-order valence-corrected chi connectivity index (χ1v) is 8.89. The van der Waals surface area contributed by atoms with Gasteiger partial charge in [0, 0.05) is 5.02 Å². The SMILES string of the molecule is O[C@@H](COc1ccc(Cl)cc1)C[NH+]1CCN(c2ccccc2F)CC1. The van der Waals surface area contributed by atoms with Gasteiger partial charge in [-0.15, -0.1) is 0 Å². The Morgan fingerprint density at radius 1 is 1.12 bits per heavy atom. The van der Waals surface area contributed by atoms with Gasteiger partial charge in [-0.2, -0.15) is 0 Å². The second-order valence-corrected chi connectivity index (χ2v) is 6.75. The summed E-state index contributed by atoms with van der Waals surface area (Å²) in [7, 11) is 0. The zero-order valence-electron chi connectivity index (χ0n) is 14.0. The number of rotatable bonds is 6. The maximum Gasteiger partial charge on any atom is 0.146 e. The molecule has 0 unspecified atom stereocenters. The Morgan fingerprint density at radius 2 is 1.80 bits per heavy atom. The predicted octanol–water partition coefficient (Wildman–Crippen LogP) is 1.62. The molecule has 1 heterocycles. The van der Waals surface area contributed by atoms with Crippen molar-refractivity contribution in [1.82, 2.24) is 0 Å². The number of benzene rings is 2. The normalized spacial score (nSPS) is 16.7. The third-order valence-electron chi connectivity index (χ3n) is 4.44. The van der Waals surface area contributed by atoms with Crippen LogP contribution in [-0.4, -0.2) is 50.5 Å². The number of hydrogen-bond donors (Lipinski definition) is 2. The van der Waals surface area contributed by atoms with E-state index in [1.165, 1.54) is 11.0 Å². The van der Waals surface area contributed by atoms with E-state index in [1.807, 2.05) is 12.1 Å². The summed E-state index contributed by atoms with van der Waals surface area (Å²) in [5.74, 6) is 0.519. The van der Waals surface area contributed by atoms with Crippen molar-refractivity contribution in [2.75, 3.05) is 44.2 Å². The molecule has 0 amide bonds. The van der Waals surface area contributed by atoms with Gasteiger partial charge in [0.05, 0.1) is 31.9 Å². The second kappa shape index (κ2) is 8.52. The summed E-state index contributed by atoms with van der Waals surface area (Å²) in [5.41, 5.74) is 0.660. The van der Waals surface area contributed by atoms with Crippen LogP contribution in [0.25, 0.3) is 0 Å². The fourth-order valence-corrected chi connectivity index (χ4v) is 3.22. The zero-order chi connectivity index (χ0) is 17.6. The first kappa shape index (κ1) is 18.0. The van der Waals surface area contributed by atoms with E-state index in [-0.39, 0.29) is 12.4 Å². The summed E-state index contributed by atoms with van der Waals surface area (Å²) >= 11 is 5.83. The molecule has 1 aliphatic rings. The summed E-state index contributed by atoms with van der Waals surface area (Å²) in [4.78, 5) is 3.37. The van der Waals surface area contributed by atoms with Crippen LogP contribution in [0.3, 0.4) is 0 Å². The molecule has 0 aliphatic carbocycles. The molecular weight excluding hydrogens is 343 g/mol. The molecule has 1 aliphatic heterocycles. The van der Waals surface area contributed by atoms with Crippen molar-refractivity contribution in [2.24, 2.45) is 0 Å². The molecule has 0 bridgehead atoms. The maximum atomic E-state index is 13.9. The molecule has 2 aromatic carbocycles. The Balaban J connectivity index is 1.42. The first-order valence-electron chi connectivity index (χ1n) is 8.51. The molecule has 2 N–H and O–H groups in total. The molecule has 1 saturated heterocycles. The minimum Gasteiger partial charge on any atom is -0.491 e. The van der Waals surface area contributed by atoms with Crippen LogP contribution in [0.15, 0.2) is 48.5 Å². The van der Waals surface area contributed by atoms with Gasteiger partial charge >= 0.3 is 0 Å². The molecule has 6 heteroatoms. The van der Waals surface area contributed by atoms with Crippen LogP contribution in [0.2, 0.25) is 5.02 Å². The third-order valence-corrected chi connectivity index (χ3v) is 4.70. The van der Waals surface area contributed by atoms with Gasteiger partial charge in [-0.05, 0) is 36.4 Å². The molecule has 2 aromatic rings. The van der Waals surface area contributed by atoms with Crippen molar-refractivity contribution >= 4 is 17.3 Å². The fraction of sp³-hybridized carbons (Fsp3) is 0.368. The van der Waals surface area contributed by atoms with E-state index in [1.54, 1.807) is 30.3 Å². The number of quaternary nitrogens is 1. The van der Waals surface area contributed by atoms with Crippen molar-refractivity contribution < 1.29 is 19.1 Å². The molecule has 3 rings (SSSR count). The minimum absolute atomic E-state index is 0.178. The van der Waals surface area contributed by atoms with Gasteiger partial charge in [0.1, 0.15) is 30.8 Å². The molecule has 25 heavy (non-hydrogen) atoms. The number of halogens is 2. The molecule has 134 valence electrons. The summed E-state index contributed by atoms with van der Waals surface area (Å²) in [6.07, 6.45) is -0.536. The lowest BCUT2D eigenvalue weighted by Gasteiger charge is -2.34. The largest absolute Gasteiger partial charge is 0.491 e. The average molecular weight is 366 g/mol. The third kappa shape index (κ3) is 5.08. The molecular formula is C19H23ClFN2O2+. The molecule has 0 aromatic heterocycles. The van der Waals surface area contributed by atoms with Gasteiger partial charge < -0.3 is 19.6 Å². The number of hydrogen-bond acceptors (Lipinski definition) is 3. The summed E-state index contributed by atoms with van der Waals surface area (Å²) in [6, 6.07) is 14.0. The van der Waals surface area contributed by atoms with Gasteiger partial charge in [-0.25, -0.2) is 4.39 Å². The van der Waals surface area contributed by atoms with E-state index >= 15 is 0 Å². The lowest BCUT2D eigenvalue weighted by Crippen LogP contribution is -3.16. The number of anilines is 1. The van der Waals surface area contributed by atoms with Crippen molar-refractivity contribution in [3.63, 3.8) is 0 Å². The Morgan fingerprint density at radius 3 is 2.48 bits per heavy atom. The van der Waals surface area contributed by atoms with Crippen molar-refractivity contribution in [2.45, 2.75) is 6.10 Å². The maximum absolute atomic E-state index is 13.9. The van der Waals surface area contributed by atoms with Crippen LogP contribution in [0.4, 0.5) is 10.1 Å². The van der Waals surface area contributed by atoms with Gasteiger partial charge in [0.2, 0.25) is 0 Å². The molecule has 4 nitrogen and oxygen atoms in total. The van der Waals surface area contributed by atoms with Crippen molar-refractivity contribution in [1.29, 1.82) is 0 Å². The van der Waals surface area contributed by atoms with Crippen LogP contribution in [0.5, 0.6) is 5.75 Å². The van der Waals surface area contributed by atoms with E-state index in [0.717, 1.165) is 26.2 Å². The topological polar surface area (TPSA) is 37.1 Å². The molecule has 0 saturated carbocycles. The second-order valence-electron chi connectivity index (χ2n) is 6.31. The van der Waals surface area contributed by atoms with Gasteiger partial charge in [-0.3, -0.25) is 0 Å². The molecule has 0 spiro atoms. The van der Waals surface area contributed by atoms with Crippen LogP contribution in [0, 0.1) is 5.82 Å². The Kier molecular flexibility index (Phi) is 6.13. The molecule has 1 atom stereocenters. The highest BCUT2D eigenvalue weighted by molar-refractivity contribution is 6.30. The first-order chi connectivity index (χ1) is 12.1. The van der Waals surface area contributed by atoms with Crippen LogP contribution < -0.4 is 14.5 Å². The van der Waals surface area contributed by atoms with E-state index in [2.05, 4.69) is 4.90 Å². The smallest absolute Gasteiger partial charge is 0.146 e. The van der Waals surface area contributed by atoms with E-state index in [9.17, 15) is 9.50 Å². The van der Waals surface area contributed by atoms with Crippen molar-refractivity contribution in [3.8, 4) is 5.75 Å². The quantitative estimate of drug-likeness (QED) is 0.817. The highest BCUT2D eigenvalue weighted by atomic mass is 35.5. The number of aliphatic hydroxyl groups is 1. The number of ether oxygens (including phenoxy) is 1. The van der Waals surface area contributed by atoms with E-state index < -0.39 is 6.10 Å². The number of para-hydroxylation sites is 1. The Labute approximate surface area is 152 Å². The zero-order valence-corrected chi connectivity index (χ0v) is 14.8. The number of nitrogens with zero attached hydrogens (tertiary/aromatic N) is 1. The van der Waals surface area contributed by atoms with Crippen LogP contribution in [0.1, 0.15) is 0 Å². The number of aliphatic hydroxyl groups excluding tert-OH is 1. The number of nitrogens with one attached hydrogen (secondary N) is 1.